The van der Waals surface area contributed by atoms with E-state index in [1.165, 1.54) is 0 Å². The van der Waals surface area contributed by atoms with E-state index in [1.807, 2.05) is 18.2 Å². The van der Waals surface area contributed by atoms with Gasteiger partial charge in [-0.25, -0.2) is 0 Å². The summed E-state index contributed by atoms with van der Waals surface area (Å²) < 4.78 is 0. The highest BCUT2D eigenvalue weighted by atomic mass is 16.4. The van der Waals surface area contributed by atoms with E-state index in [2.05, 4.69) is 10.5 Å². The van der Waals surface area contributed by atoms with Crippen LogP contribution in [0.4, 0.5) is 0 Å². The number of nitrogens with two attached hydrogens (primary N) is 1. The van der Waals surface area contributed by atoms with Crippen molar-refractivity contribution in [1.82, 2.24) is 5.32 Å². The molecule has 5 heteroatoms. The monoisotopic (exact) mass is 249 g/mol. The van der Waals surface area contributed by atoms with Crippen LogP contribution < -0.4 is 11.1 Å². The third-order valence-corrected chi connectivity index (χ3v) is 3.40. The summed E-state index contributed by atoms with van der Waals surface area (Å²) in [5, 5.41) is 24.8. The van der Waals surface area contributed by atoms with Crippen LogP contribution in [0.5, 0.6) is 0 Å². The van der Waals surface area contributed by atoms with Gasteiger partial charge in [0.15, 0.2) is 5.84 Å². The molecule has 2 rings (SSSR count). The summed E-state index contributed by atoms with van der Waals surface area (Å²) in [7, 11) is 0. The van der Waals surface area contributed by atoms with Crippen LogP contribution in [0.15, 0.2) is 29.4 Å². The van der Waals surface area contributed by atoms with Crippen LogP contribution in [-0.2, 0) is 6.54 Å². The van der Waals surface area contributed by atoms with Gasteiger partial charge in [0.25, 0.3) is 0 Å². The molecule has 0 amide bonds. The molecule has 0 heterocycles. The third-order valence-electron chi connectivity index (χ3n) is 3.40. The quantitative estimate of drug-likeness (QED) is 0.269. The molecule has 0 aromatic heterocycles. The zero-order valence-corrected chi connectivity index (χ0v) is 10.3. The second-order valence-electron chi connectivity index (χ2n) is 4.87. The summed E-state index contributed by atoms with van der Waals surface area (Å²) in [6.45, 7) is 1.27. The molecule has 18 heavy (non-hydrogen) atoms. The normalized spacial score (nSPS) is 18.4. The number of rotatable bonds is 5. The Balaban J connectivity index is 1.89. The molecule has 1 aliphatic rings. The molecule has 1 saturated carbocycles. The van der Waals surface area contributed by atoms with E-state index in [1.54, 1.807) is 6.07 Å². The van der Waals surface area contributed by atoms with Gasteiger partial charge < -0.3 is 21.4 Å². The number of aliphatic hydroxyl groups is 1. The minimum Gasteiger partial charge on any atom is -0.409 e. The third kappa shape index (κ3) is 3.00. The predicted molar refractivity (Wildman–Crippen MR) is 69.5 cm³/mol. The number of hydrogen-bond acceptors (Lipinski definition) is 4. The van der Waals surface area contributed by atoms with Crippen LogP contribution in [0, 0.1) is 0 Å². The van der Waals surface area contributed by atoms with E-state index >= 15 is 0 Å². The van der Waals surface area contributed by atoms with E-state index in [0.29, 0.717) is 18.7 Å². The van der Waals surface area contributed by atoms with E-state index < -0.39 is 5.60 Å². The van der Waals surface area contributed by atoms with Gasteiger partial charge >= 0.3 is 0 Å². The smallest absolute Gasteiger partial charge is 0.170 e. The van der Waals surface area contributed by atoms with Crippen LogP contribution >= 0.6 is 0 Å². The topological polar surface area (TPSA) is 90.9 Å². The number of benzene rings is 1. The number of amidine groups is 1. The van der Waals surface area contributed by atoms with E-state index in [9.17, 15) is 5.11 Å². The Kier molecular flexibility index (Phi) is 3.84. The predicted octanol–water partition coefficient (Wildman–Crippen LogP) is 0.786. The molecule has 1 fully saturated rings. The van der Waals surface area contributed by atoms with Gasteiger partial charge in [0.2, 0.25) is 0 Å². The maximum Gasteiger partial charge on any atom is 0.170 e. The Hall–Kier alpha value is -1.59. The fourth-order valence-electron chi connectivity index (χ4n) is 2.10. The van der Waals surface area contributed by atoms with Gasteiger partial charge in [0.05, 0.1) is 5.60 Å². The highest BCUT2D eigenvalue weighted by Crippen LogP contribution is 2.30. The maximum atomic E-state index is 9.93. The van der Waals surface area contributed by atoms with Gasteiger partial charge in [-0.1, -0.05) is 23.4 Å². The molecule has 0 aliphatic heterocycles. The first-order chi connectivity index (χ1) is 8.63. The van der Waals surface area contributed by atoms with Gasteiger partial charge in [0, 0.05) is 18.7 Å². The van der Waals surface area contributed by atoms with Gasteiger partial charge in [-0.3, -0.25) is 0 Å². The Morgan fingerprint density at radius 3 is 2.83 bits per heavy atom. The van der Waals surface area contributed by atoms with Crippen molar-refractivity contribution >= 4 is 5.84 Å². The fourth-order valence-corrected chi connectivity index (χ4v) is 2.10. The Labute approximate surface area is 106 Å². The van der Waals surface area contributed by atoms with Crippen molar-refractivity contribution in [3.05, 3.63) is 35.4 Å². The minimum absolute atomic E-state index is 0.106. The lowest BCUT2D eigenvalue weighted by Crippen LogP contribution is -2.45. The maximum absolute atomic E-state index is 9.93. The van der Waals surface area contributed by atoms with Crippen LogP contribution in [0.2, 0.25) is 0 Å². The summed E-state index contributed by atoms with van der Waals surface area (Å²) in [5.74, 6) is 0.106. The Morgan fingerprint density at radius 1 is 1.44 bits per heavy atom. The zero-order chi connectivity index (χ0) is 13.0. The lowest BCUT2D eigenvalue weighted by atomic mass is 9.80. The minimum atomic E-state index is -0.511. The van der Waals surface area contributed by atoms with E-state index in [0.717, 1.165) is 24.8 Å². The lowest BCUT2D eigenvalue weighted by Gasteiger charge is -2.36. The first kappa shape index (κ1) is 12.9. The Bertz CT molecular complexity index is 442. The van der Waals surface area contributed by atoms with Crippen molar-refractivity contribution in [2.24, 2.45) is 10.9 Å². The summed E-state index contributed by atoms with van der Waals surface area (Å²) in [6.07, 6.45) is 2.87. The highest BCUT2D eigenvalue weighted by Gasteiger charge is 2.33. The van der Waals surface area contributed by atoms with E-state index in [-0.39, 0.29) is 5.84 Å². The van der Waals surface area contributed by atoms with Crippen LogP contribution in [-0.4, -0.2) is 28.3 Å². The first-order valence-electron chi connectivity index (χ1n) is 6.13. The number of nitrogens with zero attached hydrogens (tertiary/aromatic N) is 1. The summed E-state index contributed by atoms with van der Waals surface area (Å²) in [5.41, 5.74) is 6.76. The largest absolute Gasteiger partial charge is 0.409 e. The van der Waals surface area contributed by atoms with Crippen molar-refractivity contribution in [1.29, 1.82) is 0 Å². The van der Waals surface area contributed by atoms with Gasteiger partial charge in [-0.2, -0.15) is 0 Å². The van der Waals surface area contributed by atoms with E-state index in [4.69, 9.17) is 10.9 Å². The van der Waals surface area contributed by atoms with Crippen molar-refractivity contribution in [3.63, 3.8) is 0 Å². The summed E-state index contributed by atoms with van der Waals surface area (Å²) >= 11 is 0. The van der Waals surface area contributed by atoms with Gasteiger partial charge in [0.1, 0.15) is 0 Å². The second kappa shape index (κ2) is 5.37. The molecule has 0 saturated heterocycles. The molecule has 1 aromatic carbocycles. The zero-order valence-electron chi connectivity index (χ0n) is 10.3. The number of nitrogens with one attached hydrogen (secondary N) is 1. The van der Waals surface area contributed by atoms with Crippen LogP contribution in [0.3, 0.4) is 0 Å². The standard InChI is InChI=1S/C13H19N3O2/c14-12(16-18)11-4-1-3-10(7-11)8-15-9-13(17)5-2-6-13/h1,3-4,7,15,17-18H,2,5-6,8-9H2,(H2,14,16). The first-order valence-corrected chi connectivity index (χ1v) is 6.13. The molecule has 1 aliphatic carbocycles. The molecule has 1 aromatic rings. The molecule has 0 spiro atoms. The molecule has 0 atom stereocenters. The highest BCUT2D eigenvalue weighted by molar-refractivity contribution is 5.97. The van der Waals surface area contributed by atoms with Crippen molar-refractivity contribution in [2.75, 3.05) is 6.54 Å². The van der Waals surface area contributed by atoms with Crippen LogP contribution in [0.25, 0.3) is 0 Å². The van der Waals surface area contributed by atoms with Crippen molar-refractivity contribution < 1.29 is 10.3 Å². The molecular weight excluding hydrogens is 230 g/mol. The SMILES string of the molecule is N/C(=N/O)c1cccc(CNCC2(O)CCC2)c1. The number of hydrogen-bond donors (Lipinski definition) is 4. The molecule has 98 valence electrons. The summed E-state index contributed by atoms with van der Waals surface area (Å²) in [6, 6.07) is 7.49. The van der Waals surface area contributed by atoms with Gasteiger partial charge in [-0.15, -0.1) is 0 Å². The molecule has 5 nitrogen and oxygen atoms in total. The molecule has 0 unspecified atom stereocenters. The van der Waals surface area contributed by atoms with Crippen molar-refractivity contribution in [3.8, 4) is 0 Å². The molecule has 0 radical (unpaired) electrons. The summed E-state index contributed by atoms with van der Waals surface area (Å²) in [4.78, 5) is 0. The fraction of sp³-hybridized carbons (Fsp3) is 0.462. The molecule has 0 bridgehead atoms. The lowest BCUT2D eigenvalue weighted by molar-refractivity contribution is -0.0314. The van der Waals surface area contributed by atoms with Gasteiger partial charge in [-0.05, 0) is 30.9 Å². The molecular formula is C13H19N3O2. The second-order valence-corrected chi connectivity index (χ2v) is 4.87. The average Bonchev–Trinajstić information content (AvgIpc) is 2.36. The average molecular weight is 249 g/mol. The molecule has 5 N–H and O–H groups in total. The number of oxime groups is 1. The Morgan fingerprint density at radius 2 is 2.22 bits per heavy atom. The van der Waals surface area contributed by atoms with Crippen LogP contribution in [0.1, 0.15) is 30.4 Å². The van der Waals surface area contributed by atoms with Crippen molar-refractivity contribution in [2.45, 2.75) is 31.4 Å².